The Balaban J connectivity index is 2.33. The number of rotatable bonds is 47. The zero-order valence-corrected chi connectivity index (χ0v) is 43.4. The summed E-state index contributed by atoms with van der Waals surface area (Å²) >= 11 is 0. The molecule has 0 aliphatic heterocycles. The molecule has 13 nitrogen and oxygen atoms in total. The molecule has 0 aromatic rings. The van der Waals surface area contributed by atoms with Crippen LogP contribution in [0, 0.1) is 0 Å². The van der Waals surface area contributed by atoms with Gasteiger partial charge < -0.3 is 39.9 Å². The van der Waals surface area contributed by atoms with Crippen LogP contribution in [-0.2, 0) is 32.7 Å². The van der Waals surface area contributed by atoms with E-state index < -0.39 is 75.7 Å². The average Bonchev–Trinajstić information content (AvgIpc) is 3.31. The lowest BCUT2D eigenvalue weighted by Gasteiger charge is -2.41. The first-order valence-corrected chi connectivity index (χ1v) is 29.0. The molecule has 0 bridgehead atoms. The van der Waals surface area contributed by atoms with E-state index in [4.69, 9.17) is 18.5 Å². The molecule has 8 atom stereocenters. The second-order valence-corrected chi connectivity index (χ2v) is 20.9. The quantitative estimate of drug-likeness (QED) is 0.0145. The standard InChI is InChI=1S/C53H101O13P/c1-3-5-7-9-11-13-15-17-19-20-21-22-23-24-25-26-28-30-32-34-36-38-40-42-47(55)65-45(44-64-67(61,62)66-53-51(59)49(57)48(56)50(58)52(53)60)43-63-46(54)41-39-37-35-33-31-29-27-18-16-14-12-10-8-6-4-2/h14,16,45,48-53,56-60H,3-13,15,17-44H2,1-2H3,(H,61,62)/b16-14+/t45-,48?,49-,50?,51?,52?,53?/m1/s1. The molecule has 14 heteroatoms. The van der Waals surface area contributed by atoms with Crippen molar-refractivity contribution in [2.24, 2.45) is 0 Å². The molecule has 0 aromatic carbocycles. The molecule has 0 spiro atoms. The fourth-order valence-corrected chi connectivity index (χ4v) is 9.67. The molecule has 67 heavy (non-hydrogen) atoms. The van der Waals surface area contributed by atoms with Crippen molar-refractivity contribution >= 4 is 19.8 Å². The number of allylic oxidation sites excluding steroid dienone is 2. The van der Waals surface area contributed by atoms with Crippen LogP contribution in [-0.4, -0.2) is 98.3 Å². The van der Waals surface area contributed by atoms with Gasteiger partial charge in [0.2, 0.25) is 0 Å². The van der Waals surface area contributed by atoms with E-state index in [2.05, 4.69) is 26.0 Å². The molecule has 1 saturated carbocycles. The second kappa shape index (κ2) is 43.4. The highest BCUT2D eigenvalue weighted by molar-refractivity contribution is 7.47. The van der Waals surface area contributed by atoms with Crippen LogP contribution in [0.4, 0.5) is 0 Å². The molecule has 0 radical (unpaired) electrons. The van der Waals surface area contributed by atoms with Crippen LogP contribution in [0.1, 0.15) is 258 Å². The molecular formula is C53H101O13P. The number of phosphoric acid groups is 1. The summed E-state index contributed by atoms with van der Waals surface area (Å²) in [5, 5.41) is 50.3. The van der Waals surface area contributed by atoms with Crippen molar-refractivity contribution in [1.82, 2.24) is 0 Å². The van der Waals surface area contributed by atoms with Crippen LogP contribution < -0.4 is 0 Å². The van der Waals surface area contributed by atoms with E-state index >= 15 is 0 Å². The van der Waals surface area contributed by atoms with Gasteiger partial charge in [0.15, 0.2) is 6.10 Å². The topological polar surface area (TPSA) is 210 Å². The Bertz CT molecular complexity index is 1220. The summed E-state index contributed by atoms with van der Waals surface area (Å²) in [5.41, 5.74) is 0. The lowest BCUT2D eigenvalue weighted by atomic mass is 9.85. The minimum absolute atomic E-state index is 0.102. The van der Waals surface area contributed by atoms with E-state index in [1.54, 1.807) is 0 Å². The van der Waals surface area contributed by atoms with E-state index in [-0.39, 0.29) is 12.8 Å². The maximum Gasteiger partial charge on any atom is 0.472 e. The summed E-state index contributed by atoms with van der Waals surface area (Å²) in [6.45, 7) is 3.33. The summed E-state index contributed by atoms with van der Waals surface area (Å²) in [4.78, 5) is 35.9. The second-order valence-electron chi connectivity index (χ2n) is 19.4. The number of carbonyl (C=O) groups excluding carboxylic acids is 2. The summed E-state index contributed by atoms with van der Waals surface area (Å²) in [6, 6.07) is 0. The summed E-state index contributed by atoms with van der Waals surface area (Å²) in [5.74, 6) is -1.09. The van der Waals surface area contributed by atoms with Gasteiger partial charge in [0, 0.05) is 12.8 Å². The number of hydrogen-bond donors (Lipinski definition) is 6. The van der Waals surface area contributed by atoms with Crippen molar-refractivity contribution in [1.29, 1.82) is 0 Å². The Labute approximate surface area is 407 Å². The minimum atomic E-state index is -5.12. The highest BCUT2D eigenvalue weighted by Gasteiger charge is 2.51. The van der Waals surface area contributed by atoms with Crippen LogP contribution >= 0.6 is 7.82 Å². The molecule has 6 N–H and O–H groups in total. The Morgan fingerprint density at radius 1 is 0.448 bits per heavy atom. The van der Waals surface area contributed by atoms with E-state index in [1.807, 2.05) is 0 Å². The third-order valence-corrected chi connectivity index (χ3v) is 14.1. The fourth-order valence-electron chi connectivity index (χ4n) is 8.70. The Morgan fingerprint density at radius 2 is 0.761 bits per heavy atom. The van der Waals surface area contributed by atoms with E-state index in [0.29, 0.717) is 12.8 Å². The number of hydrogen-bond acceptors (Lipinski definition) is 12. The van der Waals surface area contributed by atoms with Crippen molar-refractivity contribution in [3.8, 4) is 0 Å². The third-order valence-electron chi connectivity index (χ3n) is 13.1. The average molecular weight is 977 g/mol. The number of unbranched alkanes of at least 4 members (excludes halogenated alkanes) is 33. The van der Waals surface area contributed by atoms with Crippen molar-refractivity contribution in [3.05, 3.63) is 12.2 Å². The molecule has 6 unspecified atom stereocenters. The summed E-state index contributed by atoms with van der Waals surface area (Å²) < 4.78 is 33.7. The molecule has 1 fully saturated rings. The normalized spacial score (nSPS) is 21.1. The Kier molecular flexibility index (Phi) is 41.2. The molecule has 0 heterocycles. The van der Waals surface area contributed by atoms with Gasteiger partial charge in [0.05, 0.1) is 6.61 Å². The maximum absolute atomic E-state index is 12.9. The molecule has 0 aromatic heterocycles. The number of ether oxygens (including phenoxy) is 2. The number of carbonyl (C=O) groups is 2. The van der Waals surface area contributed by atoms with E-state index in [0.717, 1.165) is 51.4 Å². The number of phosphoric ester groups is 1. The van der Waals surface area contributed by atoms with Gasteiger partial charge in [-0.15, -0.1) is 0 Å². The smallest absolute Gasteiger partial charge is 0.462 e. The predicted octanol–water partition coefficient (Wildman–Crippen LogP) is 12.2. The van der Waals surface area contributed by atoms with Gasteiger partial charge in [-0.1, -0.05) is 219 Å². The van der Waals surface area contributed by atoms with Gasteiger partial charge in [0.1, 0.15) is 43.2 Å². The van der Waals surface area contributed by atoms with Crippen LogP contribution in [0.5, 0.6) is 0 Å². The third kappa shape index (κ3) is 35.4. The molecule has 0 saturated heterocycles. The van der Waals surface area contributed by atoms with Gasteiger partial charge in [0.25, 0.3) is 0 Å². The van der Waals surface area contributed by atoms with Gasteiger partial charge in [-0.05, 0) is 38.5 Å². The monoisotopic (exact) mass is 977 g/mol. The van der Waals surface area contributed by atoms with Crippen molar-refractivity contribution in [3.63, 3.8) is 0 Å². The summed E-state index contributed by atoms with van der Waals surface area (Å²) in [7, 11) is -5.12. The Hall–Kier alpha value is -1.41. The fraction of sp³-hybridized carbons (Fsp3) is 0.925. The van der Waals surface area contributed by atoms with Crippen LogP contribution in [0.25, 0.3) is 0 Å². The lowest BCUT2D eigenvalue weighted by Crippen LogP contribution is -2.64. The highest BCUT2D eigenvalue weighted by Crippen LogP contribution is 2.47. The first-order chi connectivity index (χ1) is 32.4. The molecule has 0 amide bonds. The number of esters is 2. The molecule has 1 rings (SSSR count). The van der Waals surface area contributed by atoms with Crippen LogP contribution in [0.2, 0.25) is 0 Å². The maximum atomic E-state index is 12.9. The lowest BCUT2D eigenvalue weighted by molar-refractivity contribution is -0.220. The largest absolute Gasteiger partial charge is 0.472 e. The van der Waals surface area contributed by atoms with Crippen molar-refractivity contribution in [2.75, 3.05) is 13.2 Å². The van der Waals surface area contributed by atoms with E-state index in [9.17, 15) is 44.6 Å². The molecule has 1 aliphatic rings. The minimum Gasteiger partial charge on any atom is -0.462 e. The van der Waals surface area contributed by atoms with Gasteiger partial charge in [-0.3, -0.25) is 18.6 Å². The Morgan fingerprint density at radius 3 is 1.15 bits per heavy atom. The van der Waals surface area contributed by atoms with Crippen LogP contribution in [0.15, 0.2) is 12.2 Å². The molecular weight excluding hydrogens is 876 g/mol. The number of aliphatic hydroxyl groups excluding tert-OH is 5. The summed E-state index contributed by atoms with van der Waals surface area (Å²) in [6.07, 6.45) is 35.5. The molecule has 1 aliphatic carbocycles. The number of aliphatic hydroxyl groups is 5. The first kappa shape index (κ1) is 63.6. The first-order valence-electron chi connectivity index (χ1n) is 27.5. The zero-order chi connectivity index (χ0) is 49.2. The SMILES string of the molecule is CCCCCC/C=C/CCCCCCCCCC(=O)OC[C@H](COP(=O)(O)OC1C(O)C(O)C(O)[C@@H](O)C1O)OC(=O)CCCCCCCCCCCCCCCCCCCCCCCCC. The highest BCUT2D eigenvalue weighted by atomic mass is 31.2. The van der Waals surface area contributed by atoms with Gasteiger partial charge in [-0.25, -0.2) is 4.57 Å². The van der Waals surface area contributed by atoms with Crippen molar-refractivity contribution in [2.45, 2.75) is 301 Å². The van der Waals surface area contributed by atoms with Crippen LogP contribution in [0.3, 0.4) is 0 Å². The molecule has 396 valence electrons. The predicted molar refractivity (Wildman–Crippen MR) is 267 cm³/mol. The van der Waals surface area contributed by atoms with Crippen molar-refractivity contribution < 1.29 is 63.1 Å². The van der Waals surface area contributed by atoms with Gasteiger partial charge >= 0.3 is 19.8 Å². The van der Waals surface area contributed by atoms with Gasteiger partial charge in [-0.2, -0.15) is 0 Å². The zero-order valence-electron chi connectivity index (χ0n) is 42.5. The van der Waals surface area contributed by atoms with E-state index in [1.165, 1.54) is 167 Å².